The van der Waals surface area contributed by atoms with E-state index in [-0.39, 0.29) is 5.97 Å². The number of fused-ring (bicyclic) bond motifs is 1. The molecule has 0 saturated carbocycles. The van der Waals surface area contributed by atoms with Crippen molar-refractivity contribution >= 4 is 45.3 Å². The molecule has 0 unspecified atom stereocenters. The molecular weight excluding hydrogens is 380 g/mol. The smallest absolute Gasteiger partial charge is 0.341 e. The Hall–Kier alpha value is -1.93. The molecule has 8 heteroatoms. The van der Waals surface area contributed by atoms with Gasteiger partial charge in [-0.1, -0.05) is 12.8 Å². The Bertz CT molecular complexity index is 841. The molecule has 6 nitrogen and oxygen atoms in total. The number of rotatable bonds is 4. The summed E-state index contributed by atoms with van der Waals surface area (Å²) in [5.41, 5.74) is 3.51. The van der Waals surface area contributed by atoms with Crippen LogP contribution in [-0.2, 0) is 24.6 Å². The van der Waals surface area contributed by atoms with Crippen molar-refractivity contribution in [3.63, 3.8) is 0 Å². The Morgan fingerprint density at radius 2 is 2.04 bits per heavy atom. The van der Waals surface area contributed by atoms with Crippen molar-refractivity contribution in [2.75, 3.05) is 17.2 Å². The molecule has 0 aromatic carbocycles. The minimum atomic E-state index is -0.265. The van der Waals surface area contributed by atoms with Crippen LogP contribution >= 0.6 is 23.6 Å². The van der Waals surface area contributed by atoms with Crippen molar-refractivity contribution in [3.8, 4) is 0 Å². The maximum absolute atomic E-state index is 12.7. The van der Waals surface area contributed by atoms with Gasteiger partial charge in [-0.15, -0.1) is 11.3 Å². The molecule has 0 atom stereocenters. The van der Waals surface area contributed by atoms with Gasteiger partial charge in [-0.25, -0.2) is 4.79 Å². The lowest BCUT2D eigenvalue weighted by atomic mass is 9.96. The molecule has 146 valence electrons. The highest BCUT2D eigenvalue weighted by atomic mass is 32.1. The van der Waals surface area contributed by atoms with Crippen LogP contribution in [0.25, 0.3) is 0 Å². The summed E-state index contributed by atoms with van der Waals surface area (Å²) in [6.07, 6.45) is 8.53. The van der Waals surface area contributed by atoms with E-state index in [1.165, 1.54) is 17.7 Å². The van der Waals surface area contributed by atoms with Crippen LogP contribution in [0.3, 0.4) is 0 Å². The summed E-state index contributed by atoms with van der Waals surface area (Å²) in [4.78, 5) is 13.9. The second-order valence-corrected chi connectivity index (χ2v) is 8.24. The van der Waals surface area contributed by atoms with E-state index in [1.807, 2.05) is 27.1 Å². The van der Waals surface area contributed by atoms with E-state index < -0.39 is 0 Å². The average molecular weight is 407 g/mol. The summed E-state index contributed by atoms with van der Waals surface area (Å²) >= 11 is 7.11. The molecule has 0 bridgehead atoms. The van der Waals surface area contributed by atoms with Gasteiger partial charge < -0.3 is 15.4 Å². The number of thiocarbonyl (C=S) groups is 1. The van der Waals surface area contributed by atoms with E-state index in [2.05, 4.69) is 15.7 Å². The molecule has 3 rings (SSSR count). The number of hydrogen-bond acceptors (Lipinski definition) is 5. The first kappa shape index (κ1) is 19.8. The third-order valence-corrected chi connectivity index (χ3v) is 6.05. The van der Waals surface area contributed by atoms with Crippen LogP contribution < -0.4 is 10.6 Å². The predicted molar refractivity (Wildman–Crippen MR) is 114 cm³/mol. The first-order valence-corrected chi connectivity index (χ1v) is 10.6. The number of aromatic nitrogens is 2. The Labute approximate surface area is 169 Å². The standard InChI is InChI=1S/C19H26N4O2S2/c1-4-25-18(24)16-13-9-7-5-6-8-10-15(13)27-17(16)21-19(26)20-14-11-23(3)22-12(14)2/h11H,4-10H2,1-3H3,(H2,20,21,26). The van der Waals surface area contributed by atoms with Crippen LogP contribution in [0.15, 0.2) is 6.20 Å². The summed E-state index contributed by atoms with van der Waals surface area (Å²) in [7, 11) is 1.87. The Balaban J connectivity index is 1.86. The van der Waals surface area contributed by atoms with Gasteiger partial charge in [0.05, 0.1) is 23.6 Å². The molecule has 2 aromatic rings. The fraction of sp³-hybridized carbons (Fsp3) is 0.526. The number of anilines is 2. The predicted octanol–water partition coefficient (Wildman–Crippen LogP) is 4.43. The van der Waals surface area contributed by atoms with Crippen LogP contribution in [0.4, 0.5) is 10.7 Å². The van der Waals surface area contributed by atoms with Gasteiger partial charge in [0.1, 0.15) is 5.00 Å². The first-order chi connectivity index (χ1) is 13.0. The zero-order valence-corrected chi connectivity index (χ0v) is 17.7. The van der Waals surface area contributed by atoms with E-state index in [0.717, 1.165) is 47.6 Å². The summed E-state index contributed by atoms with van der Waals surface area (Å²) in [5.74, 6) is -0.265. The summed E-state index contributed by atoms with van der Waals surface area (Å²) in [6, 6.07) is 0. The molecule has 2 heterocycles. The lowest BCUT2D eigenvalue weighted by molar-refractivity contribution is 0.0526. The normalized spacial score (nSPS) is 14.0. The minimum absolute atomic E-state index is 0.265. The molecular formula is C19H26N4O2S2. The van der Waals surface area contributed by atoms with Gasteiger partial charge in [0, 0.05) is 18.1 Å². The van der Waals surface area contributed by atoms with Gasteiger partial charge in [0.25, 0.3) is 0 Å². The van der Waals surface area contributed by atoms with Crippen molar-refractivity contribution in [2.45, 2.75) is 52.4 Å². The average Bonchev–Trinajstić information content (AvgIpc) is 3.06. The molecule has 27 heavy (non-hydrogen) atoms. The number of carbonyl (C=O) groups excluding carboxylic acids is 1. The van der Waals surface area contributed by atoms with Crippen LogP contribution in [0.5, 0.6) is 0 Å². The maximum atomic E-state index is 12.7. The Morgan fingerprint density at radius 3 is 2.70 bits per heavy atom. The van der Waals surface area contributed by atoms with Gasteiger partial charge >= 0.3 is 5.97 Å². The number of ether oxygens (including phenoxy) is 1. The molecule has 0 saturated heterocycles. The van der Waals surface area contributed by atoms with E-state index in [9.17, 15) is 4.79 Å². The molecule has 0 radical (unpaired) electrons. The molecule has 1 aliphatic carbocycles. The number of carbonyl (C=O) groups is 1. The van der Waals surface area contributed by atoms with E-state index >= 15 is 0 Å². The number of thiophene rings is 1. The summed E-state index contributed by atoms with van der Waals surface area (Å²) in [6.45, 7) is 4.12. The summed E-state index contributed by atoms with van der Waals surface area (Å²) < 4.78 is 7.08. The molecule has 0 amide bonds. The van der Waals surface area contributed by atoms with Crippen molar-refractivity contribution in [1.29, 1.82) is 0 Å². The lowest BCUT2D eigenvalue weighted by Gasteiger charge is -2.12. The fourth-order valence-electron chi connectivity index (χ4n) is 3.41. The quantitative estimate of drug-likeness (QED) is 0.578. The van der Waals surface area contributed by atoms with Crippen LogP contribution in [0, 0.1) is 6.92 Å². The van der Waals surface area contributed by atoms with Gasteiger partial charge in [-0.2, -0.15) is 5.10 Å². The van der Waals surface area contributed by atoms with E-state index in [4.69, 9.17) is 17.0 Å². The minimum Gasteiger partial charge on any atom is -0.462 e. The summed E-state index contributed by atoms with van der Waals surface area (Å²) in [5, 5.41) is 11.9. The number of hydrogen-bond donors (Lipinski definition) is 2. The zero-order valence-electron chi connectivity index (χ0n) is 16.1. The largest absolute Gasteiger partial charge is 0.462 e. The third-order valence-electron chi connectivity index (χ3n) is 4.64. The van der Waals surface area contributed by atoms with Crippen LogP contribution in [0.1, 0.15) is 59.1 Å². The highest BCUT2D eigenvalue weighted by Gasteiger charge is 2.25. The number of nitrogens with one attached hydrogen (secondary N) is 2. The molecule has 2 aromatic heterocycles. The Kier molecular flexibility index (Phi) is 6.49. The molecule has 0 spiro atoms. The molecule has 1 aliphatic rings. The number of esters is 1. The van der Waals surface area contributed by atoms with Crippen LogP contribution in [-0.4, -0.2) is 27.5 Å². The third kappa shape index (κ3) is 4.68. The highest BCUT2D eigenvalue weighted by Crippen LogP contribution is 2.37. The number of nitrogens with zero attached hydrogens (tertiary/aromatic N) is 2. The molecule has 2 N–H and O–H groups in total. The van der Waals surface area contributed by atoms with Crippen molar-refractivity contribution in [1.82, 2.24) is 9.78 Å². The zero-order chi connectivity index (χ0) is 19.4. The van der Waals surface area contributed by atoms with Crippen molar-refractivity contribution in [2.24, 2.45) is 7.05 Å². The topological polar surface area (TPSA) is 68.2 Å². The van der Waals surface area contributed by atoms with E-state index in [0.29, 0.717) is 17.3 Å². The van der Waals surface area contributed by atoms with Crippen molar-refractivity contribution in [3.05, 3.63) is 27.9 Å². The Morgan fingerprint density at radius 1 is 1.30 bits per heavy atom. The molecule has 0 fully saturated rings. The van der Waals surface area contributed by atoms with Crippen LogP contribution in [0.2, 0.25) is 0 Å². The number of aryl methyl sites for hydroxylation is 3. The first-order valence-electron chi connectivity index (χ1n) is 9.39. The van der Waals surface area contributed by atoms with Gasteiger partial charge in [0.15, 0.2) is 5.11 Å². The maximum Gasteiger partial charge on any atom is 0.341 e. The van der Waals surface area contributed by atoms with Crippen molar-refractivity contribution < 1.29 is 9.53 Å². The lowest BCUT2D eigenvalue weighted by Crippen LogP contribution is -2.20. The van der Waals surface area contributed by atoms with Gasteiger partial charge in [0.2, 0.25) is 0 Å². The monoisotopic (exact) mass is 406 g/mol. The molecule has 0 aliphatic heterocycles. The second kappa shape index (κ2) is 8.84. The van der Waals surface area contributed by atoms with Gasteiger partial charge in [-0.3, -0.25) is 4.68 Å². The fourth-order valence-corrected chi connectivity index (χ4v) is 4.96. The van der Waals surface area contributed by atoms with E-state index in [1.54, 1.807) is 16.0 Å². The SMILES string of the molecule is CCOC(=O)c1c(NC(=S)Nc2cn(C)nc2C)sc2c1CCCCCC2. The second-order valence-electron chi connectivity index (χ2n) is 6.72. The highest BCUT2D eigenvalue weighted by molar-refractivity contribution is 7.80. The van der Waals surface area contributed by atoms with Gasteiger partial charge in [-0.05, 0) is 57.3 Å².